The van der Waals surface area contributed by atoms with Gasteiger partial charge >= 0.3 is 0 Å². The Morgan fingerprint density at radius 2 is 1.90 bits per heavy atom. The second-order valence-electron chi connectivity index (χ2n) is 4.72. The molecule has 0 fully saturated rings. The minimum atomic E-state index is 0.547. The van der Waals surface area contributed by atoms with Crippen molar-refractivity contribution in [3.63, 3.8) is 0 Å². The summed E-state index contributed by atoms with van der Waals surface area (Å²) in [5, 5.41) is 6.56. The molecule has 1 unspecified atom stereocenters. The Balaban J connectivity index is 2.21. The number of aliphatic imine (C=N–C) groups is 1. The quantitative estimate of drug-likeness (QED) is 0.436. The minimum absolute atomic E-state index is 0.547. The first-order valence-electron chi connectivity index (χ1n) is 7.35. The zero-order valence-corrected chi connectivity index (χ0v) is 12.9. The lowest BCUT2D eigenvalue weighted by Gasteiger charge is -2.15. The molecule has 4 heteroatoms. The summed E-state index contributed by atoms with van der Waals surface area (Å²) in [6.07, 6.45) is 1.08. The Kier molecular flexibility index (Phi) is 8.47. The van der Waals surface area contributed by atoms with Crippen LogP contribution in [0.25, 0.3) is 0 Å². The molecular formula is C16H27N3O. The first-order valence-corrected chi connectivity index (χ1v) is 7.35. The second-order valence-corrected chi connectivity index (χ2v) is 4.72. The van der Waals surface area contributed by atoms with E-state index in [0.29, 0.717) is 12.5 Å². The van der Waals surface area contributed by atoms with Crippen molar-refractivity contribution in [2.45, 2.75) is 26.2 Å². The molecule has 1 rings (SSSR count). The maximum absolute atomic E-state index is 5.28. The molecule has 0 saturated carbocycles. The molecule has 0 saturated heterocycles. The van der Waals surface area contributed by atoms with E-state index < -0.39 is 0 Å². The highest BCUT2D eigenvalue weighted by Gasteiger charge is 2.05. The van der Waals surface area contributed by atoms with Gasteiger partial charge in [-0.2, -0.15) is 0 Å². The molecule has 0 spiro atoms. The summed E-state index contributed by atoms with van der Waals surface area (Å²) in [4.78, 5) is 4.19. The van der Waals surface area contributed by atoms with Crippen LogP contribution >= 0.6 is 0 Å². The van der Waals surface area contributed by atoms with E-state index in [1.807, 2.05) is 6.92 Å². The van der Waals surface area contributed by atoms with Gasteiger partial charge in [0, 0.05) is 26.7 Å². The van der Waals surface area contributed by atoms with Crippen molar-refractivity contribution in [3.05, 3.63) is 35.9 Å². The Hall–Kier alpha value is -1.55. The summed E-state index contributed by atoms with van der Waals surface area (Å²) in [7, 11) is 1.79. The zero-order chi connectivity index (χ0) is 14.6. The number of ether oxygens (including phenoxy) is 1. The van der Waals surface area contributed by atoms with Gasteiger partial charge < -0.3 is 15.4 Å². The Labute approximate surface area is 122 Å². The Morgan fingerprint density at radius 3 is 2.55 bits per heavy atom. The van der Waals surface area contributed by atoms with Crippen LogP contribution in [0.1, 0.15) is 31.7 Å². The fourth-order valence-corrected chi connectivity index (χ4v) is 1.96. The third kappa shape index (κ3) is 6.57. The fraction of sp³-hybridized carbons (Fsp3) is 0.562. The molecule has 1 aromatic carbocycles. The van der Waals surface area contributed by atoms with Gasteiger partial charge in [-0.1, -0.05) is 37.3 Å². The van der Waals surface area contributed by atoms with Crippen LogP contribution < -0.4 is 10.6 Å². The van der Waals surface area contributed by atoms with Crippen molar-refractivity contribution in [1.82, 2.24) is 10.6 Å². The maximum Gasteiger partial charge on any atom is 0.191 e. The molecule has 1 aromatic rings. The van der Waals surface area contributed by atoms with Crippen molar-refractivity contribution in [3.8, 4) is 0 Å². The van der Waals surface area contributed by atoms with Gasteiger partial charge in [0.2, 0.25) is 0 Å². The van der Waals surface area contributed by atoms with E-state index in [9.17, 15) is 0 Å². The van der Waals surface area contributed by atoms with E-state index in [0.717, 1.165) is 32.1 Å². The lowest BCUT2D eigenvalue weighted by molar-refractivity contribution is 0.152. The van der Waals surface area contributed by atoms with Gasteiger partial charge in [-0.15, -0.1) is 0 Å². The normalized spacial score (nSPS) is 13.1. The first kappa shape index (κ1) is 16.5. The Bertz CT molecular complexity index is 379. The molecule has 0 aromatic heterocycles. The van der Waals surface area contributed by atoms with Crippen LogP contribution in [0, 0.1) is 0 Å². The van der Waals surface area contributed by atoms with Crippen LogP contribution in [0.15, 0.2) is 35.3 Å². The maximum atomic E-state index is 5.28. The van der Waals surface area contributed by atoms with Crippen molar-refractivity contribution in [1.29, 1.82) is 0 Å². The standard InChI is InChI=1S/C16H27N3O/c1-4-20-13-12-19-16(17-3)18-11-10-14(2)15-8-6-5-7-9-15/h5-9,14H,4,10-13H2,1-3H3,(H2,17,18,19). The summed E-state index contributed by atoms with van der Waals surface area (Å²) in [6.45, 7) is 7.40. The van der Waals surface area contributed by atoms with E-state index in [1.54, 1.807) is 7.05 Å². The molecule has 0 aliphatic heterocycles. The van der Waals surface area contributed by atoms with E-state index in [-0.39, 0.29) is 0 Å². The van der Waals surface area contributed by atoms with Crippen LogP contribution in [0.3, 0.4) is 0 Å². The van der Waals surface area contributed by atoms with Crippen molar-refractivity contribution in [2.75, 3.05) is 33.4 Å². The monoisotopic (exact) mass is 277 g/mol. The number of nitrogens with zero attached hydrogens (tertiary/aromatic N) is 1. The molecule has 0 aliphatic rings. The topological polar surface area (TPSA) is 45.6 Å². The van der Waals surface area contributed by atoms with E-state index >= 15 is 0 Å². The number of hydrogen-bond acceptors (Lipinski definition) is 2. The Morgan fingerprint density at radius 1 is 1.20 bits per heavy atom. The summed E-state index contributed by atoms with van der Waals surface area (Å²) in [6, 6.07) is 10.6. The number of hydrogen-bond donors (Lipinski definition) is 2. The van der Waals surface area contributed by atoms with Crippen molar-refractivity contribution >= 4 is 5.96 Å². The first-order chi connectivity index (χ1) is 9.77. The summed E-state index contributed by atoms with van der Waals surface area (Å²) < 4.78 is 5.28. The van der Waals surface area contributed by atoms with Gasteiger partial charge in [-0.25, -0.2) is 0 Å². The lowest BCUT2D eigenvalue weighted by Crippen LogP contribution is -2.39. The minimum Gasteiger partial charge on any atom is -0.380 e. The summed E-state index contributed by atoms with van der Waals surface area (Å²) in [5.41, 5.74) is 1.38. The third-order valence-electron chi connectivity index (χ3n) is 3.20. The van der Waals surface area contributed by atoms with Gasteiger partial charge in [0.25, 0.3) is 0 Å². The number of benzene rings is 1. The van der Waals surface area contributed by atoms with Crippen LogP contribution in [-0.4, -0.2) is 39.3 Å². The molecule has 4 nitrogen and oxygen atoms in total. The SMILES string of the molecule is CCOCCNC(=NC)NCCC(C)c1ccccc1. The van der Waals surface area contributed by atoms with Gasteiger partial charge in [0.15, 0.2) is 5.96 Å². The highest BCUT2D eigenvalue weighted by molar-refractivity contribution is 5.79. The average molecular weight is 277 g/mol. The van der Waals surface area contributed by atoms with Gasteiger partial charge in [-0.05, 0) is 24.8 Å². The number of rotatable bonds is 8. The molecule has 0 heterocycles. The molecule has 2 N–H and O–H groups in total. The van der Waals surface area contributed by atoms with Crippen LogP contribution in [0.4, 0.5) is 0 Å². The fourth-order valence-electron chi connectivity index (χ4n) is 1.96. The average Bonchev–Trinajstić information content (AvgIpc) is 2.50. The van der Waals surface area contributed by atoms with Gasteiger partial charge in [0.1, 0.15) is 0 Å². The highest BCUT2D eigenvalue weighted by atomic mass is 16.5. The van der Waals surface area contributed by atoms with Crippen molar-refractivity contribution < 1.29 is 4.74 Å². The van der Waals surface area contributed by atoms with Crippen LogP contribution in [-0.2, 0) is 4.74 Å². The molecular weight excluding hydrogens is 250 g/mol. The third-order valence-corrected chi connectivity index (χ3v) is 3.20. The predicted octanol–water partition coefficient (Wildman–Crippen LogP) is 2.38. The van der Waals surface area contributed by atoms with Crippen LogP contribution in [0.2, 0.25) is 0 Å². The molecule has 0 aliphatic carbocycles. The summed E-state index contributed by atoms with van der Waals surface area (Å²) >= 11 is 0. The van der Waals surface area contributed by atoms with Crippen LogP contribution in [0.5, 0.6) is 0 Å². The summed E-state index contributed by atoms with van der Waals surface area (Å²) in [5.74, 6) is 1.38. The highest BCUT2D eigenvalue weighted by Crippen LogP contribution is 2.17. The van der Waals surface area contributed by atoms with Gasteiger partial charge in [-0.3, -0.25) is 4.99 Å². The second kappa shape index (κ2) is 10.3. The smallest absolute Gasteiger partial charge is 0.191 e. The number of nitrogens with one attached hydrogen (secondary N) is 2. The largest absolute Gasteiger partial charge is 0.380 e. The molecule has 0 bridgehead atoms. The van der Waals surface area contributed by atoms with E-state index in [1.165, 1.54) is 5.56 Å². The van der Waals surface area contributed by atoms with Crippen molar-refractivity contribution in [2.24, 2.45) is 4.99 Å². The van der Waals surface area contributed by atoms with Gasteiger partial charge in [0.05, 0.1) is 6.61 Å². The molecule has 0 radical (unpaired) electrons. The molecule has 0 amide bonds. The molecule has 112 valence electrons. The molecule has 1 atom stereocenters. The lowest BCUT2D eigenvalue weighted by atomic mass is 9.98. The zero-order valence-electron chi connectivity index (χ0n) is 12.9. The predicted molar refractivity (Wildman–Crippen MR) is 85.3 cm³/mol. The van der Waals surface area contributed by atoms with E-state index in [2.05, 4.69) is 52.9 Å². The number of guanidine groups is 1. The molecule has 20 heavy (non-hydrogen) atoms. The van der Waals surface area contributed by atoms with E-state index in [4.69, 9.17) is 4.74 Å².